The van der Waals surface area contributed by atoms with Crippen molar-refractivity contribution in [2.45, 2.75) is 6.42 Å². The molecule has 3 aromatic rings. The monoisotopic (exact) mass is 407 g/mol. The highest BCUT2D eigenvalue weighted by Crippen LogP contribution is 2.24. The number of nitrogens with one attached hydrogen (secondary N) is 3. The average molecular weight is 408 g/mol. The molecule has 3 N–H and O–H groups in total. The molecule has 0 aliphatic heterocycles. The van der Waals surface area contributed by atoms with Crippen LogP contribution in [0.4, 0.5) is 5.69 Å². The maximum absolute atomic E-state index is 12.1. The van der Waals surface area contributed by atoms with Gasteiger partial charge < -0.3 is 9.88 Å². The van der Waals surface area contributed by atoms with Crippen molar-refractivity contribution in [3.05, 3.63) is 58.3 Å². The second-order valence-electron chi connectivity index (χ2n) is 5.51. The molecule has 0 fully saturated rings. The van der Waals surface area contributed by atoms with Crippen molar-refractivity contribution in [2.75, 3.05) is 5.32 Å². The average Bonchev–Trinajstić information content (AvgIpc) is 2.92. The molecule has 0 unspecified atom stereocenters. The maximum atomic E-state index is 12.1. The molecule has 2 aromatic carbocycles. The Hall–Kier alpha value is -2.35. The van der Waals surface area contributed by atoms with E-state index < -0.39 is 0 Å². The van der Waals surface area contributed by atoms with Crippen molar-refractivity contribution in [3.63, 3.8) is 0 Å². The fourth-order valence-electron chi connectivity index (χ4n) is 2.40. The predicted molar refractivity (Wildman–Crippen MR) is 108 cm³/mol. The van der Waals surface area contributed by atoms with E-state index in [1.165, 1.54) is 0 Å². The zero-order valence-corrected chi connectivity index (χ0v) is 16.0. The summed E-state index contributed by atoms with van der Waals surface area (Å²) in [4.78, 5) is 16.6. The molecule has 0 aliphatic carbocycles. The van der Waals surface area contributed by atoms with Crippen molar-refractivity contribution in [2.24, 2.45) is 7.05 Å². The number of thiocarbonyl (C=S) groups is 1. The van der Waals surface area contributed by atoms with Gasteiger partial charge in [-0.1, -0.05) is 35.3 Å². The summed E-state index contributed by atoms with van der Waals surface area (Å²) in [5.41, 5.74) is 7.67. The highest BCUT2D eigenvalue weighted by molar-refractivity contribution is 7.80. The van der Waals surface area contributed by atoms with Crippen molar-refractivity contribution < 1.29 is 4.79 Å². The van der Waals surface area contributed by atoms with Gasteiger partial charge >= 0.3 is 0 Å². The first-order chi connectivity index (χ1) is 12.4. The molecule has 9 heteroatoms. The zero-order chi connectivity index (χ0) is 18.7. The first-order valence-electron chi connectivity index (χ1n) is 7.65. The summed E-state index contributed by atoms with van der Waals surface area (Å²) in [5, 5.41) is 3.99. The summed E-state index contributed by atoms with van der Waals surface area (Å²) in [5.74, 6) is 0.399. The van der Waals surface area contributed by atoms with E-state index in [1.807, 2.05) is 35.9 Å². The topological polar surface area (TPSA) is 71.0 Å². The van der Waals surface area contributed by atoms with Crippen LogP contribution in [0.15, 0.2) is 42.5 Å². The number of aromatic nitrogens is 2. The molecule has 0 radical (unpaired) electrons. The number of hydrogen-bond donors (Lipinski definition) is 3. The largest absolute Gasteiger partial charge is 0.331 e. The molecule has 0 saturated heterocycles. The van der Waals surface area contributed by atoms with E-state index in [1.54, 1.807) is 18.2 Å². The first kappa shape index (κ1) is 18.4. The van der Waals surface area contributed by atoms with Crippen LogP contribution in [0.25, 0.3) is 11.0 Å². The number of amides is 1. The summed E-state index contributed by atoms with van der Waals surface area (Å²) < 4.78 is 1.89. The minimum Gasteiger partial charge on any atom is -0.331 e. The molecular weight excluding hydrogens is 393 g/mol. The standard InChI is InChI=1S/C17H15Cl2N5OS/c1-24-14-5-3-2-4-13(14)21-15(24)9-16(25)22-23-17(26)20-10-6-7-11(18)12(19)8-10/h2-8H,9H2,1H3,(H,22,25)(H2,20,23,26). The number of fused-ring (bicyclic) bond motifs is 1. The number of para-hydroxylation sites is 2. The van der Waals surface area contributed by atoms with E-state index in [0.29, 0.717) is 21.6 Å². The number of hydrazine groups is 1. The van der Waals surface area contributed by atoms with Crippen LogP contribution in [-0.4, -0.2) is 20.6 Å². The summed E-state index contributed by atoms with van der Waals surface area (Å²) in [6, 6.07) is 12.7. The van der Waals surface area contributed by atoms with Crippen LogP contribution in [0, 0.1) is 0 Å². The molecule has 0 atom stereocenters. The van der Waals surface area contributed by atoms with E-state index in [2.05, 4.69) is 21.2 Å². The SMILES string of the molecule is Cn1c(CC(=O)NNC(=S)Nc2ccc(Cl)c(Cl)c2)nc2ccccc21. The lowest BCUT2D eigenvalue weighted by molar-refractivity contribution is -0.121. The van der Waals surface area contributed by atoms with Crippen LogP contribution >= 0.6 is 35.4 Å². The van der Waals surface area contributed by atoms with Gasteiger partial charge in [-0.2, -0.15) is 0 Å². The zero-order valence-electron chi connectivity index (χ0n) is 13.7. The molecule has 3 rings (SSSR count). The Morgan fingerprint density at radius 2 is 1.92 bits per heavy atom. The number of imidazole rings is 1. The van der Waals surface area contributed by atoms with E-state index in [4.69, 9.17) is 35.4 Å². The molecule has 26 heavy (non-hydrogen) atoms. The summed E-state index contributed by atoms with van der Waals surface area (Å²) in [7, 11) is 1.88. The third-order valence-corrected chi connectivity index (χ3v) is 4.63. The van der Waals surface area contributed by atoms with Gasteiger partial charge in [0.05, 0.1) is 27.5 Å². The lowest BCUT2D eigenvalue weighted by Gasteiger charge is -2.12. The number of nitrogens with zero attached hydrogens (tertiary/aromatic N) is 2. The van der Waals surface area contributed by atoms with E-state index in [9.17, 15) is 4.79 Å². The minimum absolute atomic E-state index is 0.119. The van der Waals surface area contributed by atoms with E-state index in [-0.39, 0.29) is 17.4 Å². The predicted octanol–water partition coefficient (Wildman–Crippen LogP) is 3.44. The number of carbonyl (C=O) groups is 1. The highest BCUT2D eigenvalue weighted by Gasteiger charge is 2.11. The summed E-state index contributed by atoms with van der Waals surface area (Å²) in [6.07, 6.45) is 0.119. The Morgan fingerprint density at radius 1 is 1.15 bits per heavy atom. The Balaban J connectivity index is 1.55. The lowest BCUT2D eigenvalue weighted by atomic mass is 10.3. The van der Waals surface area contributed by atoms with Crippen LogP contribution in [0.3, 0.4) is 0 Å². The Labute approximate surface area is 165 Å². The number of aryl methyl sites for hydroxylation is 1. The van der Waals surface area contributed by atoms with Crippen molar-refractivity contribution >= 4 is 63.2 Å². The third kappa shape index (κ3) is 4.24. The van der Waals surface area contributed by atoms with Crippen LogP contribution in [-0.2, 0) is 18.3 Å². The number of benzene rings is 2. The summed E-state index contributed by atoms with van der Waals surface area (Å²) >= 11 is 17.0. The molecule has 1 amide bonds. The fourth-order valence-corrected chi connectivity index (χ4v) is 2.87. The van der Waals surface area contributed by atoms with Crippen LogP contribution in [0.5, 0.6) is 0 Å². The number of hydrogen-bond acceptors (Lipinski definition) is 3. The van der Waals surface area contributed by atoms with Crippen molar-refractivity contribution in [1.29, 1.82) is 0 Å². The quantitative estimate of drug-likeness (QED) is 0.458. The minimum atomic E-state index is -0.262. The Kier molecular flexibility index (Phi) is 5.61. The number of anilines is 1. The molecule has 0 spiro atoms. The Morgan fingerprint density at radius 3 is 2.65 bits per heavy atom. The lowest BCUT2D eigenvalue weighted by Crippen LogP contribution is -2.44. The molecule has 1 aromatic heterocycles. The van der Waals surface area contributed by atoms with E-state index in [0.717, 1.165) is 11.0 Å². The van der Waals surface area contributed by atoms with Gasteiger partial charge in [-0.15, -0.1) is 0 Å². The smallest absolute Gasteiger partial charge is 0.245 e. The highest BCUT2D eigenvalue weighted by atomic mass is 35.5. The molecular formula is C17H15Cl2N5OS. The molecule has 6 nitrogen and oxygen atoms in total. The second kappa shape index (κ2) is 7.90. The van der Waals surface area contributed by atoms with E-state index >= 15 is 0 Å². The molecule has 0 aliphatic rings. The fraction of sp³-hybridized carbons (Fsp3) is 0.118. The van der Waals surface area contributed by atoms with Gasteiger partial charge in [-0.05, 0) is 42.5 Å². The van der Waals surface area contributed by atoms with Gasteiger partial charge in [0, 0.05) is 12.7 Å². The third-order valence-electron chi connectivity index (χ3n) is 3.69. The van der Waals surface area contributed by atoms with Crippen molar-refractivity contribution in [1.82, 2.24) is 20.4 Å². The summed E-state index contributed by atoms with van der Waals surface area (Å²) in [6.45, 7) is 0. The van der Waals surface area contributed by atoms with Gasteiger partial charge in [-0.25, -0.2) is 4.98 Å². The number of rotatable bonds is 3. The Bertz CT molecular complexity index is 988. The van der Waals surface area contributed by atoms with Gasteiger partial charge in [0.25, 0.3) is 0 Å². The van der Waals surface area contributed by atoms with Gasteiger partial charge in [0.15, 0.2) is 5.11 Å². The second-order valence-corrected chi connectivity index (χ2v) is 6.73. The van der Waals surface area contributed by atoms with Gasteiger partial charge in [0.2, 0.25) is 5.91 Å². The van der Waals surface area contributed by atoms with Crippen molar-refractivity contribution in [3.8, 4) is 0 Å². The van der Waals surface area contributed by atoms with Crippen LogP contribution in [0.2, 0.25) is 10.0 Å². The van der Waals surface area contributed by atoms with Crippen LogP contribution < -0.4 is 16.2 Å². The normalized spacial score (nSPS) is 10.6. The van der Waals surface area contributed by atoms with Gasteiger partial charge in [-0.3, -0.25) is 15.6 Å². The maximum Gasteiger partial charge on any atom is 0.245 e. The first-order valence-corrected chi connectivity index (χ1v) is 8.81. The van der Waals surface area contributed by atoms with Crippen LogP contribution in [0.1, 0.15) is 5.82 Å². The molecule has 134 valence electrons. The number of carbonyl (C=O) groups excluding carboxylic acids is 1. The molecule has 0 bridgehead atoms. The van der Waals surface area contributed by atoms with Gasteiger partial charge in [0.1, 0.15) is 5.82 Å². The molecule has 1 heterocycles. The number of halogens is 2. The molecule has 0 saturated carbocycles.